The molecule has 1 N–H and O–H groups in total. The number of aliphatic hydroxyl groups is 1. The minimum absolute atomic E-state index is 0.0346. The number of aliphatic hydroxyl groups excluding tert-OH is 1. The van der Waals surface area contributed by atoms with E-state index in [1.165, 1.54) is 0 Å². The molecule has 3 nitrogen and oxygen atoms in total. The van der Waals surface area contributed by atoms with Crippen molar-refractivity contribution in [2.75, 3.05) is 0 Å². The molecule has 0 aromatic heterocycles. The Morgan fingerprint density at radius 2 is 1.95 bits per heavy atom. The third-order valence-corrected chi connectivity index (χ3v) is 4.12. The Hall–Kier alpha value is -1.46. The van der Waals surface area contributed by atoms with E-state index in [0.717, 1.165) is 12.5 Å². The van der Waals surface area contributed by atoms with Crippen LogP contribution in [0.5, 0.6) is 0 Å². The van der Waals surface area contributed by atoms with Gasteiger partial charge < -0.3 is 9.84 Å². The molecule has 112 valence electrons. The van der Waals surface area contributed by atoms with Gasteiger partial charge in [0.05, 0.1) is 0 Å². The van der Waals surface area contributed by atoms with Crippen molar-refractivity contribution in [2.45, 2.75) is 38.5 Å². The molecule has 2 aliphatic carbocycles. The summed E-state index contributed by atoms with van der Waals surface area (Å²) in [6.45, 7) is 5.06. The van der Waals surface area contributed by atoms with Gasteiger partial charge >= 0.3 is 12.1 Å². The zero-order valence-corrected chi connectivity index (χ0v) is 11.1. The van der Waals surface area contributed by atoms with Gasteiger partial charge in [0, 0.05) is 5.57 Å². The number of alkyl halides is 3. The molecule has 6 heteroatoms. The zero-order valence-electron chi connectivity index (χ0n) is 11.1. The molecule has 2 saturated carbocycles. The van der Waals surface area contributed by atoms with Gasteiger partial charge in [0.1, 0.15) is 6.10 Å². The number of halogens is 3. The van der Waals surface area contributed by atoms with Gasteiger partial charge in [-0.2, -0.15) is 13.2 Å². The number of carbonyl (C=O) groups is 1. The van der Waals surface area contributed by atoms with E-state index in [1.807, 2.05) is 0 Å². The van der Waals surface area contributed by atoms with E-state index in [1.54, 1.807) is 6.92 Å². The fourth-order valence-electron chi connectivity index (χ4n) is 3.15. The number of hydrogen-bond donors (Lipinski definition) is 1. The van der Waals surface area contributed by atoms with Crippen LogP contribution in [0, 0.1) is 17.8 Å². The van der Waals surface area contributed by atoms with Crippen molar-refractivity contribution in [1.29, 1.82) is 0 Å². The first kappa shape index (κ1) is 14.9. The molecule has 0 heterocycles. The Morgan fingerprint density at radius 3 is 2.40 bits per heavy atom. The molecule has 2 fully saturated rings. The van der Waals surface area contributed by atoms with Crippen molar-refractivity contribution in [2.24, 2.45) is 17.8 Å². The molecular formula is C14H17F3O3. The van der Waals surface area contributed by atoms with E-state index in [4.69, 9.17) is 9.84 Å². The summed E-state index contributed by atoms with van der Waals surface area (Å²) < 4.78 is 42.1. The fraction of sp³-hybridized carbons (Fsp3) is 0.643. The van der Waals surface area contributed by atoms with E-state index >= 15 is 0 Å². The van der Waals surface area contributed by atoms with Crippen molar-refractivity contribution >= 4 is 5.97 Å². The highest BCUT2D eigenvalue weighted by molar-refractivity contribution is 5.87. The van der Waals surface area contributed by atoms with Crippen molar-refractivity contribution < 1.29 is 27.8 Å². The highest BCUT2D eigenvalue weighted by atomic mass is 19.4. The highest BCUT2D eigenvalue weighted by Gasteiger charge is 2.48. The third kappa shape index (κ3) is 2.99. The van der Waals surface area contributed by atoms with Gasteiger partial charge in [0.15, 0.2) is 5.76 Å². The summed E-state index contributed by atoms with van der Waals surface area (Å²) >= 11 is 0. The van der Waals surface area contributed by atoms with Crippen molar-refractivity contribution in [3.63, 3.8) is 0 Å². The van der Waals surface area contributed by atoms with Crippen LogP contribution in [0.25, 0.3) is 0 Å². The molecule has 4 unspecified atom stereocenters. The predicted molar refractivity (Wildman–Crippen MR) is 65.8 cm³/mol. The van der Waals surface area contributed by atoms with Gasteiger partial charge in [-0.3, -0.25) is 0 Å². The summed E-state index contributed by atoms with van der Waals surface area (Å²) in [5.74, 6) is -2.15. The molecule has 4 atom stereocenters. The number of carbonyl (C=O) groups excluding carboxylic acids is 1. The maximum Gasteiger partial charge on any atom is 0.448 e. The third-order valence-electron chi connectivity index (χ3n) is 4.12. The summed E-state index contributed by atoms with van der Waals surface area (Å²) in [6.07, 6.45) is -2.22. The predicted octanol–water partition coefficient (Wildman–Crippen LogP) is 3.52. The summed E-state index contributed by atoms with van der Waals surface area (Å²) in [6, 6.07) is 0. The Morgan fingerprint density at radius 1 is 1.30 bits per heavy atom. The first-order valence-electron chi connectivity index (χ1n) is 6.53. The van der Waals surface area contributed by atoms with E-state index < -0.39 is 17.9 Å². The van der Waals surface area contributed by atoms with Crippen molar-refractivity contribution in [3.05, 3.63) is 24.0 Å². The van der Waals surface area contributed by atoms with Crippen LogP contribution in [-0.2, 0) is 9.53 Å². The summed E-state index contributed by atoms with van der Waals surface area (Å²) in [4.78, 5) is 11.4. The second kappa shape index (κ2) is 5.14. The molecule has 0 spiro atoms. The number of allylic oxidation sites excluding steroid dienone is 2. The van der Waals surface area contributed by atoms with E-state index in [9.17, 15) is 18.0 Å². The number of esters is 1. The lowest BCUT2D eigenvalue weighted by Crippen LogP contribution is -2.27. The maximum absolute atomic E-state index is 12.3. The van der Waals surface area contributed by atoms with Crippen molar-refractivity contribution in [3.8, 4) is 0 Å². The van der Waals surface area contributed by atoms with Crippen LogP contribution in [0.2, 0.25) is 0 Å². The molecule has 0 amide bonds. The van der Waals surface area contributed by atoms with Crippen LogP contribution >= 0.6 is 0 Å². The van der Waals surface area contributed by atoms with Crippen LogP contribution < -0.4 is 0 Å². The monoisotopic (exact) mass is 290 g/mol. The standard InChI is InChI=1S/C14H17F3O3/c1-7(2)13(19)20-11-5-8-3-10(11)4-9(8)6-12(18)14(15,16)17/h6,8-11,18H,1,3-5H2,2H3/b12-6+. The first-order chi connectivity index (χ1) is 9.18. The van der Waals surface area contributed by atoms with Gasteiger partial charge in [-0.15, -0.1) is 0 Å². The minimum Gasteiger partial charge on any atom is -0.504 e. The molecule has 0 aliphatic heterocycles. The largest absolute Gasteiger partial charge is 0.504 e. The lowest BCUT2D eigenvalue weighted by Gasteiger charge is -2.26. The number of fused-ring (bicyclic) bond motifs is 2. The summed E-state index contributed by atoms with van der Waals surface area (Å²) in [7, 11) is 0. The molecule has 0 radical (unpaired) electrons. The quantitative estimate of drug-likeness (QED) is 0.491. The average molecular weight is 290 g/mol. The second-order valence-corrected chi connectivity index (χ2v) is 5.66. The van der Waals surface area contributed by atoms with Gasteiger partial charge in [-0.1, -0.05) is 6.58 Å². The molecule has 0 aromatic carbocycles. The van der Waals surface area contributed by atoms with Gasteiger partial charge in [0.25, 0.3) is 0 Å². The molecule has 2 aliphatic rings. The van der Waals surface area contributed by atoms with Gasteiger partial charge in [-0.05, 0) is 50.0 Å². The Bertz CT molecular complexity index is 453. The molecule has 2 rings (SSSR count). The summed E-state index contributed by atoms with van der Waals surface area (Å²) in [5, 5.41) is 9.00. The van der Waals surface area contributed by atoms with Gasteiger partial charge in [0.2, 0.25) is 0 Å². The van der Waals surface area contributed by atoms with E-state index in [0.29, 0.717) is 18.4 Å². The maximum atomic E-state index is 12.3. The molecule has 20 heavy (non-hydrogen) atoms. The molecule has 0 saturated heterocycles. The Kier molecular flexibility index (Phi) is 3.84. The average Bonchev–Trinajstić information content (AvgIpc) is 2.86. The number of ether oxygens (including phenoxy) is 1. The van der Waals surface area contributed by atoms with Gasteiger partial charge in [-0.25, -0.2) is 4.79 Å². The Balaban J connectivity index is 1.95. The molecule has 0 aromatic rings. The topological polar surface area (TPSA) is 46.5 Å². The molecule has 2 bridgehead atoms. The second-order valence-electron chi connectivity index (χ2n) is 5.66. The first-order valence-corrected chi connectivity index (χ1v) is 6.53. The number of hydrogen-bond acceptors (Lipinski definition) is 3. The lowest BCUT2D eigenvalue weighted by atomic mass is 9.86. The van der Waals surface area contributed by atoms with Crippen LogP contribution in [0.1, 0.15) is 26.2 Å². The zero-order chi connectivity index (χ0) is 15.1. The van der Waals surface area contributed by atoms with Crippen LogP contribution in [-0.4, -0.2) is 23.4 Å². The normalized spacial score (nSPS) is 33.3. The SMILES string of the molecule is C=C(C)C(=O)OC1CC2CC1CC2/C=C(/O)C(F)(F)F. The highest BCUT2D eigenvalue weighted by Crippen LogP contribution is 2.51. The Labute approximate surface area is 115 Å². The summed E-state index contributed by atoms with van der Waals surface area (Å²) in [5.41, 5.74) is 0.318. The van der Waals surface area contributed by atoms with Crippen LogP contribution in [0.15, 0.2) is 24.0 Å². The molecular weight excluding hydrogens is 273 g/mol. The van der Waals surface area contributed by atoms with E-state index in [-0.39, 0.29) is 23.9 Å². The van der Waals surface area contributed by atoms with E-state index in [2.05, 4.69) is 6.58 Å². The minimum atomic E-state index is -4.69. The fourth-order valence-corrected chi connectivity index (χ4v) is 3.15. The van der Waals surface area contributed by atoms with Crippen molar-refractivity contribution in [1.82, 2.24) is 0 Å². The number of rotatable bonds is 3. The van der Waals surface area contributed by atoms with Crippen LogP contribution in [0.4, 0.5) is 13.2 Å². The van der Waals surface area contributed by atoms with Crippen LogP contribution in [0.3, 0.4) is 0 Å². The smallest absolute Gasteiger partial charge is 0.448 e. The lowest BCUT2D eigenvalue weighted by molar-refractivity contribution is -0.146.